The predicted octanol–water partition coefficient (Wildman–Crippen LogP) is 2.38. The lowest BCUT2D eigenvalue weighted by Crippen LogP contribution is -2.48. The maximum atomic E-state index is 14.7. The highest BCUT2D eigenvalue weighted by molar-refractivity contribution is 8.00. The summed E-state index contributed by atoms with van der Waals surface area (Å²) < 4.78 is 20.1. The van der Waals surface area contributed by atoms with Crippen molar-refractivity contribution < 1.29 is 19.0 Å². The molecule has 4 N–H and O–H groups in total. The topological polar surface area (TPSA) is 121 Å². The van der Waals surface area contributed by atoms with E-state index in [1.54, 1.807) is 18.5 Å². The number of hydrogen-bond donors (Lipinski definition) is 4. The van der Waals surface area contributed by atoms with Crippen molar-refractivity contribution in [3.63, 3.8) is 0 Å². The van der Waals surface area contributed by atoms with Crippen LogP contribution in [0.15, 0.2) is 35.6 Å². The minimum atomic E-state index is -0.579. The van der Waals surface area contributed by atoms with Crippen molar-refractivity contribution in [2.24, 2.45) is 0 Å². The number of aliphatic hydroxyl groups excluding tert-OH is 1. The second kappa shape index (κ2) is 10.4. The number of hydrogen-bond acceptors (Lipinski definition) is 9. The number of benzene rings is 1. The summed E-state index contributed by atoms with van der Waals surface area (Å²) in [6.45, 7) is 0.754. The Kier molecular flexibility index (Phi) is 7.09. The van der Waals surface area contributed by atoms with Crippen LogP contribution >= 0.6 is 11.8 Å². The number of halogens is 1. The lowest BCUT2D eigenvalue weighted by atomic mass is 9.88. The van der Waals surface area contributed by atoms with Crippen LogP contribution in [0, 0.1) is 5.82 Å². The maximum absolute atomic E-state index is 14.7. The zero-order valence-corrected chi connectivity index (χ0v) is 20.1. The number of carbonyl (C=O) groups excluding carboxylic acids is 1. The van der Waals surface area contributed by atoms with Crippen molar-refractivity contribution in [2.45, 2.75) is 55.6 Å². The number of anilines is 1. The average molecular weight is 499 g/mol. The number of rotatable bonds is 7. The van der Waals surface area contributed by atoms with Gasteiger partial charge in [0.15, 0.2) is 5.82 Å². The first-order chi connectivity index (χ1) is 17.0. The molecule has 5 rings (SSSR count). The molecule has 9 nitrogen and oxygen atoms in total. The third-order valence-electron chi connectivity index (χ3n) is 6.46. The highest BCUT2D eigenvalue weighted by atomic mass is 32.2. The van der Waals surface area contributed by atoms with Gasteiger partial charge in [-0.3, -0.25) is 4.79 Å². The van der Waals surface area contributed by atoms with Gasteiger partial charge in [-0.05, 0) is 36.8 Å². The molecule has 184 valence electrons. The molecule has 0 spiro atoms. The van der Waals surface area contributed by atoms with Crippen molar-refractivity contribution >= 4 is 34.3 Å². The highest BCUT2D eigenvalue weighted by Crippen LogP contribution is 2.30. The molecule has 3 aromatic rings. The number of aliphatic hydroxyl groups is 1. The van der Waals surface area contributed by atoms with E-state index in [-0.39, 0.29) is 30.4 Å². The molecule has 3 atom stereocenters. The van der Waals surface area contributed by atoms with Crippen molar-refractivity contribution in [3.05, 3.63) is 47.7 Å². The minimum absolute atomic E-state index is 0.0751. The number of fused-ring (bicyclic) bond motifs is 2. The van der Waals surface area contributed by atoms with Crippen LogP contribution in [0.4, 0.5) is 10.2 Å². The molecule has 1 amide bonds. The summed E-state index contributed by atoms with van der Waals surface area (Å²) in [6.07, 6.45) is 4.92. The van der Waals surface area contributed by atoms with Gasteiger partial charge < -0.3 is 25.8 Å². The molecule has 2 aliphatic rings. The molecule has 0 saturated heterocycles. The van der Waals surface area contributed by atoms with Crippen LogP contribution in [-0.4, -0.2) is 57.0 Å². The Labute approximate surface area is 206 Å². The second-order valence-corrected chi connectivity index (χ2v) is 9.71. The third kappa shape index (κ3) is 5.22. The fourth-order valence-corrected chi connectivity index (χ4v) is 5.35. The summed E-state index contributed by atoms with van der Waals surface area (Å²) in [4.78, 5) is 24.7. The molecule has 0 bridgehead atoms. The average Bonchev–Trinajstić information content (AvgIpc) is 2.87. The van der Waals surface area contributed by atoms with Crippen molar-refractivity contribution in [1.29, 1.82) is 0 Å². The van der Waals surface area contributed by atoms with E-state index in [0.29, 0.717) is 41.4 Å². The Morgan fingerprint density at radius 2 is 2.11 bits per heavy atom. The molecule has 3 heterocycles. The number of carbonyl (C=O) groups is 1. The molecule has 1 fully saturated rings. The number of amides is 1. The summed E-state index contributed by atoms with van der Waals surface area (Å²) in [7, 11) is 1.52. The number of nitrogens with one attached hydrogen (secondary N) is 3. The van der Waals surface area contributed by atoms with E-state index in [1.165, 1.54) is 24.9 Å². The zero-order valence-electron chi connectivity index (χ0n) is 19.3. The lowest BCUT2D eigenvalue weighted by Gasteiger charge is -2.34. The standard InChI is InChI=1S/C24H27FN6O3S/c1-34-23-21-13(6-7-26-23)2-4-17(25)16(21)11-28-18-5-3-14(8-19(18)32)27-9-15-10-29-24-22(30-15)31-20(33)12-35-24/h2,4,6-7,10,14,18-19,27-28,32H,3,5,8-9,11-12H2,1H3,(H,30,31,33)/t14-,18-,19+/m1/s1. The van der Waals surface area contributed by atoms with Crippen LogP contribution < -0.4 is 20.7 Å². The first kappa shape index (κ1) is 23.9. The van der Waals surface area contributed by atoms with E-state index >= 15 is 0 Å². The van der Waals surface area contributed by atoms with E-state index in [4.69, 9.17) is 4.74 Å². The molecule has 0 radical (unpaired) electrons. The predicted molar refractivity (Wildman–Crippen MR) is 131 cm³/mol. The monoisotopic (exact) mass is 498 g/mol. The van der Waals surface area contributed by atoms with Gasteiger partial charge in [-0.2, -0.15) is 0 Å². The largest absolute Gasteiger partial charge is 0.481 e. The number of aromatic nitrogens is 3. The Morgan fingerprint density at radius 3 is 2.94 bits per heavy atom. The van der Waals surface area contributed by atoms with Crippen LogP contribution in [0.25, 0.3) is 10.8 Å². The molecule has 1 aromatic carbocycles. The van der Waals surface area contributed by atoms with E-state index in [1.807, 2.05) is 6.07 Å². The molecular formula is C24H27FN6O3S. The smallest absolute Gasteiger partial charge is 0.236 e. The van der Waals surface area contributed by atoms with E-state index in [0.717, 1.165) is 28.9 Å². The van der Waals surface area contributed by atoms with Crippen LogP contribution in [-0.2, 0) is 17.9 Å². The normalized spacial score (nSPS) is 22.0. The van der Waals surface area contributed by atoms with E-state index < -0.39 is 6.10 Å². The maximum Gasteiger partial charge on any atom is 0.236 e. The number of nitrogens with zero attached hydrogens (tertiary/aromatic N) is 3. The van der Waals surface area contributed by atoms with Gasteiger partial charge in [0.1, 0.15) is 10.8 Å². The second-order valence-electron chi connectivity index (χ2n) is 8.74. The number of thioether (sulfide) groups is 1. The fraction of sp³-hybridized carbons (Fsp3) is 0.417. The van der Waals surface area contributed by atoms with Crippen LogP contribution in [0.2, 0.25) is 0 Å². The lowest BCUT2D eigenvalue weighted by molar-refractivity contribution is -0.113. The molecule has 1 saturated carbocycles. The number of methoxy groups -OCH3 is 1. The van der Waals surface area contributed by atoms with Crippen molar-refractivity contribution in [2.75, 3.05) is 18.2 Å². The number of ether oxygens (including phenoxy) is 1. The SMILES string of the molecule is COc1nccc2ccc(F)c(CN[C@@H]3CC[C@@H](NCc4cnc5c(n4)NC(=O)CS5)C[C@@H]3O)c12. The van der Waals surface area contributed by atoms with Crippen molar-refractivity contribution in [1.82, 2.24) is 25.6 Å². The fourth-order valence-electron chi connectivity index (χ4n) is 4.65. The first-order valence-electron chi connectivity index (χ1n) is 11.6. The van der Waals surface area contributed by atoms with Gasteiger partial charge in [-0.25, -0.2) is 19.3 Å². The molecule has 0 unspecified atom stereocenters. The minimum Gasteiger partial charge on any atom is -0.481 e. The Balaban J connectivity index is 1.17. The highest BCUT2D eigenvalue weighted by Gasteiger charge is 2.29. The molecule has 1 aliphatic heterocycles. The molecular weight excluding hydrogens is 471 g/mol. The summed E-state index contributed by atoms with van der Waals surface area (Å²) in [6, 6.07) is 4.95. The van der Waals surface area contributed by atoms with Gasteiger partial charge in [0.05, 0.1) is 36.2 Å². The molecule has 35 heavy (non-hydrogen) atoms. The van der Waals surface area contributed by atoms with Gasteiger partial charge in [-0.15, -0.1) is 0 Å². The van der Waals surface area contributed by atoms with Crippen LogP contribution in [0.1, 0.15) is 30.5 Å². The summed E-state index contributed by atoms with van der Waals surface area (Å²) in [5.74, 6) is 0.837. The van der Waals surface area contributed by atoms with Gasteiger partial charge in [-0.1, -0.05) is 17.8 Å². The quantitative estimate of drug-likeness (QED) is 0.389. The summed E-state index contributed by atoms with van der Waals surface area (Å²) >= 11 is 1.38. The van der Waals surface area contributed by atoms with Crippen LogP contribution in [0.3, 0.4) is 0 Å². The number of pyridine rings is 1. The molecule has 2 aromatic heterocycles. The van der Waals surface area contributed by atoms with Crippen molar-refractivity contribution in [3.8, 4) is 5.88 Å². The van der Waals surface area contributed by atoms with Gasteiger partial charge in [0.25, 0.3) is 0 Å². The van der Waals surface area contributed by atoms with E-state index in [2.05, 4.69) is 30.9 Å². The van der Waals surface area contributed by atoms with E-state index in [9.17, 15) is 14.3 Å². The molecule has 1 aliphatic carbocycles. The van der Waals surface area contributed by atoms with Crippen LogP contribution in [0.5, 0.6) is 5.88 Å². The summed E-state index contributed by atoms with van der Waals surface area (Å²) in [5.41, 5.74) is 1.21. The first-order valence-corrected chi connectivity index (χ1v) is 12.5. The Morgan fingerprint density at radius 1 is 1.23 bits per heavy atom. The zero-order chi connectivity index (χ0) is 24.4. The van der Waals surface area contributed by atoms with Gasteiger partial charge in [0, 0.05) is 36.9 Å². The summed E-state index contributed by atoms with van der Waals surface area (Å²) in [5, 5.41) is 22.5. The Hall–Kier alpha value is -2.86. The van der Waals surface area contributed by atoms with Gasteiger partial charge in [0.2, 0.25) is 11.8 Å². The third-order valence-corrected chi connectivity index (χ3v) is 7.44. The molecule has 11 heteroatoms. The van der Waals surface area contributed by atoms with Gasteiger partial charge >= 0.3 is 0 Å². The Bertz CT molecular complexity index is 1250.